The predicted molar refractivity (Wildman–Crippen MR) is 362 cm³/mol. The number of likely N-dealkylation sites (N-methyl/N-ethyl adjacent to an activating group) is 2. The zero-order valence-electron chi connectivity index (χ0n) is 59.0. The highest BCUT2D eigenvalue weighted by Crippen LogP contribution is 2.31. The Bertz CT molecular complexity index is 2930. The average Bonchev–Trinajstić information content (AvgIpc) is 1.43. The summed E-state index contributed by atoms with van der Waals surface area (Å²) in [7, 11) is 6.09. The maximum atomic E-state index is 14.8. The Morgan fingerprint density at radius 2 is 1.33 bits per heavy atom. The lowest BCUT2D eigenvalue weighted by Crippen LogP contribution is -2.60. The largest absolute Gasteiger partial charge is 0.445 e. The first-order valence-corrected chi connectivity index (χ1v) is 33.8. The highest BCUT2D eigenvalue weighted by molar-refractivity contribution is 6.13. The quantitative estimate of drug-likeness (QED) is 0.0327. The van der Waals surface area contributed by atoms with E-state index in [0.717, 1.165) is 17.1 Å². The first-order valence-electron chi connectivity index (χ1n) is 33.8. The smallest absolute Gasteiger partial charge is 0.410 e. The fourth-order valence-electron chi connectivity index (χ4n) is 12.2. The minimum absolute atomic E-state index is 0.0909. The zero-order chi connectivity index (χ0) is 71.7. The molecular weight excluding hydrogens is 1230 g/mol. The highest BCUT2D eigenvalue weighted by atomic mass is 16.6. The number of amides is 11. The summed E-state index contributed by atoms with van der Waals surface area (Å²) in [5.41, 5.74) is 7.32. The van der Waals surface area contributed by atoms with Gasteiger partial charge in [-0.2, -0.15) is 0 Å². The van der Waals surface area contributed by atoms with E-state index in [1.54, 1.807) is 94.8 Å². The van der Waals surface area contributed by atoms with Crippen molar-refractivity contribution in [1.29, 1.82) is 0 Å². The van der Waals surface area contributed by atoms with Crippen LogP contribution in [0.5, 0.6) is 0 Å². The summed E-state index contributed by atoms with van der Waals surface area (Å²) in [5.74, 6) is -6.59. The summed E-state index contributed by atoms with van der Waals surface area (Å²) in [6.07, 6.45) is 2.67. The van der Waals surface area contributed by atoms with Crippen LogP contribution < -0.4 is 37.6 Å². The number of aliphatic hydroxyl groups is 1. The van der Waals surface area contributed by atoms with E-state index in [-0.39, 0.29) is 62.5 Å². The molecule has 0 saturated carbocycles. The van der Waals surface area contributed by atoms with Crippen LogP contribution in [0.1, 0.15) is 158 Å². The van der Waals surface area contributed by atoms with Crippen LogP contribution in [0.15, 0.2) is 66.7 Å². The molecule has 26 nitrogen and oxygen atoms in total. The lowest BCUT2D eigenvalue weighted by molar-refractivity contribution is -0.148. The fourth-order valence-corrected chi connectivity index (χ4v) is 12.2. The number of aliphatic hydroxyl groups excluding tert-OH is 1. The number of nitrogens with one attached hydrogen (secondary N) is 6. The minimum Gasteiger partial charge on any atom is -0.445 e. The maximum Gasteiger partial charge on any atom is 0.410 e. The highest BCUT2D eigenvalue weighted by Gasteiger charge is 2.44. The number of benzene rings is 2. The maximum absolute atomic E-state index is 14.8. The van der Waals surface area contributed by atoms with Crippen molar-refractivity contribution >= 4 is 70.9 Å². The van der Waals surface area contributed by atoms with Crippen molar-refractivity contribution in [3.63, 3.8) is 0 Å². The molecule has 2 aliphatic rings. The Morgan fingerprint density at radius 3 is 1.91 bits per heavy atom. The molecule has 4 rings (SSSR count). The summed E-state index contributed by atoms with van der Waals surface area (Å²) in [4.78, 5) is 154. The number of likely N-dealkylation sites (tertiary alicyclic amines) is 1. The molecule has 96 heavy (non-hydrogen) atoms. The summed E-state index contributed by atoms with van der Waals surface area (Å²) in [6, 6.07) is 8.48. The van der Waals surface area contributed by atoms with E-state index in [1.165, 1.54) is 33.1 Å². The first kappa shape index (κ1) is 80.6. The molecule has 0 aromatic heterocycles. The van der Waals surface area contributed by atoms with Crippen LogP contribution in [0.3, 0.4) is 0 Å². The number of hydrogen-bond acceptors (Lipinski definition) is 16. The third-order valence-electron chi connectivity index (χ3n) is 18.1. The number of carbonyl (C=O) groups is 11. The van der Waals surface area contributed by atoms with Gasteiger partial charge in [0.2, 0.25) is 47.3 Å². The van der Waals surface area contributed by atoms with Gasteiger partial charge in [0.15, 0.2) is 0 Å². The molecule has 1 saturated heterocycles. The average molecular weight is 1340 g/mol. The topological polar surface area (TPSA) is 347 Å². The number of nitrogens with two attached hydrogens (primary N) is 1. The molecule has 0 spiro atoms. The third kappa shape index (κ3) is 23.5. The molecule has 0 bridgehead atoms. The van der Waals surface area contributed by atoms with Gasteiger partial charge in [-0.25, -0.2) is 4.79 Å². The van der Waals surface area contributed by atoms with Gasteiger partial charge in [0.05, 0.1) is 48.8 Å². The summed E-state index contributed by atoms with van der Waals surface area (Å²) in [5, 5.41) is 27.7. The molecule has 1 fully saturated rings. The molecule has 0 radical (unpaired) electrons. The van der Waals surface area contributed by atoms with Gasteiger partial charge in [0, 0.05) is 65.7 Å². The fraction of sp³-hybridized carbons (Fsp3) is 0.643. The molecule has 26 heteroatoms. The van der Waals surface area contributed by atoms with Crippen LogP contribution in [0.2, 0.25) is 0 Å². The molecule has 534 valence electrons. The van der Waals surface area contributed by atoms with E-state index in [4.69, 9.17) is 19.9 Å². The van der Waals surface area contributed by atoms with Gasteiger partial charge in [0.25, 0.3) is 11.8 Å². The molecule has 2 aromatic rings. The van der Waals surface area contributed by atoms with Gasteiger partial charge >= 0.3 is 6.09 Å². The summed E-state index contributed by atoms with van der Waals surface area (Å²) < 4.78 is 17.8. The van der Waals surface area contributed by atoms with Crippen molar-refractivity contribution in [2.75, 3.05) is 53.3 Å². The minimum atomic E-state index is -1.13. The Kier molecular flexibility index (Phi) is 33.1. The number of ether oxygens (including phenoxy) is 3. The molecular formula is C70H109N11O15. The number of unbranched alkanes of at least 4 members (excludes halogenated alkanes) is 1. The number of methoxy groups -OCH3 is 2. The second-order valence-electron chi connectivity index (χ2n) is 26.6. The number of nitrogens with zero attached hydrogens (tertiary/aromatic N) is 4. The lowest BCUT2D eigenvalue weighted by atomic mass is 9.89. The van der Waals surface area contributed by atoms with Gasteiger partial charge in [-0.15, -0.1) is 0 Å². The van der Waals surface area contributed by atoms with Crippen LogP contribution in [-0.4, -0.2) is 198 Å². The van der Waals surface area contributed by atoms with E-state index in [9.17, 15) is 57.8 Å². The summed E-state index contributed by atoms with van der Waals surface area (Å²) >= 11 is 0. The number of hydrogen-bond donors (Lipinski definition) is 8. The van der Waals surface area contributed by atoms with Crippen molar-refractivity contribution in [2.24, 2.45) is 35.3 Å². The van der Waals surface area contributed by atoms with Gasteiger partial charge in [-0.3, -0.25) is 57.7 Å². The van der Waals surface area contributed by atoms with Crippen LogP contribution >= 0.6 is 0 Å². The van der Waals surface area contributed by atoms with Gasteiger partial charge in [-0.05, 0) is 112 Å². The van der Waals surface area contributed by atoms with Crippen LogP contribution in [0.4, 0.5) is 10.5 Å². The third-order valence-corrected chi connectivity index (χ3v) is 18.1. The number of rotatable bonds is 39. The van der Waals surface area contributed by atoms with Crippen LogP contribution in [-0.2, 0) is 68.8 Å². The van der Waals surface area contributed by atoms with E-state index in [0.29, 0.717) is 68.4 Å². The van der Waals surface area contributed by atoms with E-state index < -0.39 is 138 Å². The molecule has 11 amide bonds. The lowest BCUT2D eigenvalue weighted by Gasteiger charge is -2.41. The normalized spacial score (nSPS) is 17.6. The van der Waals surface area contributed by atoms with Crippen LogP contribution in [0.25, 0.3) is 0 Å². The monoisotopic (exact) mass is 1340 g/mol. The second kappa shape index (κ2) is 39.4. The number of carbonyl (C=O) groups excluding carboxylic acids is 11. The Hall–Kier alpha value is -7.81. The summed E-state index contributed by atoms with van der Waals surface area (Å²) in [6.45, 7) is 20.3. The van der Waals surface area contributed by atoms with Crippen molar-refractivity contribution < 1.29 is 72.1 Å². The molecule has 0 unspecified atom stereocenters. The Labute approximate surface area is 567 Å². The van der Waals surface area contributed by atoms with Crippen LogP contribution in [0, 0.1) is 29.6 Å². The predicted octanol–water partition coefficient (Wildman–Crippen LogP) is 4.87. The number of anilines is 1. The second-order valence-corrected chi connectivity index (χ2v) is 26.6. The standard InChI is InChI=1S/C70H109N11O15/c1-16-44(8)61(54(94-14)39-58(85)80-37-22-26-53(80)63(95-15)45(9)64(87)72-46(10)62(86)49-23-18-17-19-24-49)78(12)69(92)59(42(4)5)77-68(91)60(43(6)7)79(13)70(93)96-40-48-28-30-50(31-29-48)74-67(90)51(25-20-21-36-71)76-65(88)47(11)73-66(89)52(32-27-41(2)3)75-55(82)35-38-81-56(83)33-34-57(81)84/h17-19,23-24,28-31,33-34,41-47,51-54,59-63,86H,16,20-22,25-27,32,35-40,71H2,1-15H3,(H,72,87)(H,73,89)(H,74,90)(H,75,82)(H,76,88)(H,77,91)/t44-,45+,46+,47-,51-,52+,53-,54+,59-,60-,61-,62+,63+/m0/s1. The van der Waals surface area contributed by atoms with Gasteiger partial charge in [-0.1, -0.05) is 111 Å². The molecule has 2 heterocycles. The molecule has 9 N–H and O–H groups in total. The van der Waals surface area contributed by atoms with E-state index in [1.807, 2.05) is 45.9 Å². The number of imide groups is 1. The molecule has 13 atom stereocenters. The van der Waals surface area contributed by atoms with E-state index >= 15 is 0 Å². The molecule has 2 aromatic carbocycles. The van der Waals surface area contributed by atoms with Crippen molar-refractivity contribution in [3.8, 4) is 0 Å². The van der Waals surface area contributed by atoms with Crippen molar-refractivity contribution in [1.82, 2.24) is 46.2 Å². The van der Waals surface area contributed by atoms with Gasteiger partial charge < -0.3 is 66.8 Å². The van der Waals surface area contributed by atoms with E-state index in [2.05, 4.69) is 31.9 Å². The Balaban J connectivity index is 1.37. The van der Waals surface area contributed by atoms with Crippen molar-refractivity contribution in [3.05, 3.63) is 77.9 Å². The molecule has 0 aliphatic carbocycles. The van der Waals surface area contributed by atoms with Gasteiger partial charge in [0.1, 0.15) is 36.8 Å². The molecule has 2 aliphatic heterocycles. The zero-order valence-corrected chi connectivity index (χ0v) is 59.0. The first-order chi connectivity index (χ1) is 45.4. The SMILES string of the molecule is CC[C@H](C)[C@@H]([C@@H](CC(=O)N1CCC[C@H]1[C@H](OC)[C@@H](C)C(=O)N[C@H](C)[C@@H](O)c1ccccc1)OC)N(C)C(=O)[C@@H](NC(=O)[C@H](C(C)C)N(C)C(=O)OCc1ccc(NC(=O)[C@H](CCCCN)NC(=O)[C@H](C)NC(=O)[C@@H](CCC(C)C)NC(=O)CCN2C(=O)C=CC2=O)cc1)C(C)C. The van der Waals surface area contributed by atoms with Crippen molar-refractivity contribution in [2.45, 2.75) is 214 Å². The Morgan fingerprint density at radius 1 is 0.698 bits per heavy atom.